The molecule has 0 spiro atoms. The zero-order chi connectivity index (χ0) is 18.8. The van der Waals surface area contributed by atoms with Crippen molar-refractivity contribution < 1.29 is 18.7 Å². The maximum atomic E-state index is 13.8. The molecule has 4 rings (SSSR count). The van der Waals surface area contributed by atoms with Crippen LogP contribution in [-0.4, -0.2) is 27.8 Å². The molecule has 1 aliphatic heterocycles. The van der Waals surface area contributed by atoms with Crippen LogP contribution in [0.5, 0.6) is 11.5 Å². The predicted octanol–water partition coefficient (Wildman–Crippen LogP) is 2.94. The van der Waals surface area contributed by atoms with Crippen LogP contribution in [0, 0.1) is 5.82 Å². The largest absolute Gasteiger partial charge is 0.493 e. The van der Waals surface area contributed by atoms with E-state index in [2.05, 4.69) is 15.4 Å². The Hall–Kier alpha value is -3.42. The van der Waals surface area contributed by atoms with Gasteiger partial charge in [-0.2, -0.15) is 10.1 Å². The van der Waals surface area contributed by atoms with Crippen molar-refractivity contribution >= 4 is 11.9 Å². The Morgan fingerprint density at radius 1 is 1.26 bits per heavy atom. The van der Waals surface area contributed by atoms with Gasteiger partial charge in [-0.15, -0.1) is 0 Å². The lowest BCUT2D eigenvalue weighted by Crippen LogP contribution is -2.29. The molecule has 1 N–H and O–H groups in total. The van der Waals surface area contributed by atoms with Gasteiger partial charge in [-0.1, -0.05) is 24.3 Å². The molecule has 2 aromatic carbocycles. The lowest BCUT2D eigenvalue weighted by molar-refractivity contribution is -0.117. The molecule has 0 radical (unpaired) electrons. The third-order valence-electron chi connectivity index (χ3n) is 4.41. The fraction of sp³-hybridized carbons (Fsp3) is 0.211. The Labute approximate surface area is 154 Å². The smallest absolute Gasteiger partial charge is 0.229 e. The number of ether oxygens (including phenoxy) is 2. The highest BCUT2D eigenvalue weighted by molar-refractivity contribution is 5.91. The van der Waals surface area contributed by atoms with E-state index < -0.39 is 0 Å². The van der Waals surface area contributed by atoms with Gasteiger partial charge in [0.05, 0.1) is 19.6 Å². The summed E-state index contributed by atoms with van der Waals surface area (Å²) < 4.78 is 26.6. The van der Waals surface area contributed by atoms with Crippen LogP contribution in [0.15, 0.2) is 48.8 Å². The Balaban J connectivity index is 1.59. The minimum atomic E-state index is -0.319. The maximum Gasteiger partial charge on any atom is 0.229 e. The molecule has 0 aliphatic carbocycles. The van der Waals surface area contributed by atoms with E-state index in [0.29, 0.717) is 23.0 Å². The third-order valence-corrected chi connectivity index (χ3v) is 4.41. The van der Waals surface area contributed by atoms with E-state index in [1.54, 1.807) is 35.0 Å². The zero-order valence-corrected chi connectivity index (χ0v) is 14.6. The molecular formula is C19H17FN4O3. The van der Waals surface area contributed by atoms with Gasteiger partial charge in [0.15, 0.2) is 11.5 Å². The monoisotopic (exact) mass is 368 g/mol. The molecular weight excluding hydrogens is 351 g/mol. The van der Waals surface area contributed by atoms with Gasteiger partial charge in [0.25, 0.3) is 0 Å². The van der Waals surface area contributed by atoms with Gasteiger partial charge in [-0.05, 0) is 23.8 Å². The number of amides is 1. The molecule has 8 heteroatoms. The van der Waals surface area contributed by atoms with Gasteiger partial charge in [0.2, 0.25) is 11.9 Å². The number of methoxy groups -OCH3 is 1. The first-order chi connectivity index (χ1) is 13.2. The number of halogens is 1. The molecule has 1 amide bonds. The van der Waals surface area contributed by atoms with Crippen molar-refractivity contribution in [2.24, 2.45) is 0 Å². The van der Waals surface area contributed by atoms with Gasteiger partial charge in [0.1, 0.15) is 18.8 Å². The van der Waals surface area contributed by atoms with Crippen molar-refractivity contribution in [2.45, 2.75) is 19.1 Å². The molecule has 0 saturated carbocycles. The molecule has 0 bridgehead atoms. The van der Waals surface area contributed by atoms with E-state index >= 15 is 0 Å². The first kappa shape index (κ1) is 17.0. The van der Waals surface area contributed by atoms with Crippen LogP contribution in [-0.2, 0) is 11.4 Å². The van der Waals surface area contributed by atoms with Crippen molar-refractivity contribution in [1.82, 2.24) is 14.8 Å². The lowest BCUT2D eigenvalue weighted by atomic mass is 10.0. The summed E-state index contributed by atoms with van der Waals surface area (Å²) in [7, 11) is 1.53. The number of aromatic nitrogens is 3. The van der Waals surface area contributed by atoms with Crippen LogP contribution < -0.4 is 14.8 Å². The van der Waals surface area contributed by atoms with E-state index in [9.17, 15) is 9.18 Å². The number of nitrogens with zero attached hydrogens (tertiary/aromatic N) is 3. The molecule has 0 saturated heterocycles. The first-order valence-electron chi connectivity index (χ1n) is 8.39. The van der Waals surface area contributed by atoms with Crippen LogP contribution in [0.3, 0.4) is 0 Å². The number of hydrogen-bond donors (Lipinski definition) is 1. The Bertz CT molecular complexity index is 989. The number of nitrogens with one attached hydrogen (secondary N) is 1. The summed E-state index contributed by atoms with van der Waals surface area (Å²) >= 11 is 0. The molecule has 2 heterocycles. The van der Waals surface area contributed by atoms with Gasteiger partial charge in [-0.25, -0.2) is 9.07 Å². The van der Waals surface area contributed by atoms with Gasteiger partial charge >= 0.3 is 0 Å². The van der Waals surface area contributed by atoms with Gasteiger partial charge in [0, 0.05) is 5.56 Å². The topological polar surface area (TPSA) is 78.3 Å². The van der Waals surface area contributed by atoms with Crippen molar-refractivity contribution in [3.05, 3.63) is 65.7 Å². The van der Waals surface area contributed by atoms with Crippen LogP contribution in [0.2, 0.25) is 0 Å². The molecule has 1 aromatic heterocycles. The van der Waals surface area contributed by atoms with Crippen LogP contribution in [0.25, 0.3) is 0 Å². The molecule has 138 valence electrons. The van der Waals surface area contributed by atoms with Gasteiger partial charge in [-0.3, -0.25) is 10.1 Å². The average molecular weight is 368 g/mol. The maximum absolute atomic E-state index is 13.8. The van der Waals surface area contributed by atoms with Crippen molar-refractivity contribution in [2.75, 3.05) is 12.4 Å². The van der Waals surface area contributed by atoms with Gasteiger partial charge < -0.3 is 9.47 Å². The summed E-state index contributed by atoms with van der Waals surface area (Å²) in [6.07, 6.45) is 1.64. The second-order valence-corrected chi connectivity index (χ2v) is 6.09. The van der Waals surface area contributed by atoms with E-state index in [1.807, 2.05) is 6.07 Å². The second kappa shape index (κ2) is 7.06. The number of fused-ring (bicyclic) bond motifs is 1. The lowest BCUT2D eigenvalue weighted by Gasteiger charge is -2.24. The standard InChI is InChI=1S/C19H17FN4O3/c1-26-17-8-12(15-9-18(25)23-19-21-11-22-24(15)19)6-7-16(17)27-10-13-4-2-3-5-14(13)20/h2-8,11,15H,9-10H2,1H3,(H,21,22,23,25)/t15-/m0/s1. The van der Waals surface area contributed by atoms with Crippen molar-refractivity contribution in [3.8, 4) is 11.5 Å². The van der Waals surface area contributed by atoms with Crippen molar-refractivity contribution in [3.63, 3.8) is 0 Å². The highest BCUT2D eigenvalue weighted by atomic mass is 19.1. The highest BCUT2D eigenvalue weighted by Gasteiger charge is 2.28. The highest BCUT2D eigenvalue weighted by Crippen LogP contribution is 2.35. The molecule has 0 fully saturated rings. The first-order valence-corrected chi connectivity index (χ1v) is 8.39. The summed E-state index contributed by atoms with van der Waals surface area (Å²) in [5.41, 5.74) is 1.30. The fourth-order valence-electron chi connectivity index (χ4n) is 3.05. The van der Waals surface area contributed by atoms with Crippen LogP contribution in [0.1, 0.15) is 23.6 Å². The molecule has 1 atom stereocenters. The number of hydrogen-bond acceptors (Lipinski definition) is 5. The normalized spacial score (nSPS) is 15.8. The number of benzene rings is 2. The molecule has 7 nitrogen and oxygen atoms in total. The summed E-state index contributed by atoms with van der Waals surface area (Å²) in [5.74, 6) is 0.953. The summed E-state index contributed by atoms with van der Waals surface area (Å²) in [4.78, 5) is 16.0. The minimum Gasteiger partial charge on any atom is -0.493 e. The predicted molar refractivity (Wildman–Crippen MR) is 95.1 cm³/mol. The van der Waals surface area contributed by atoms with Crippen LogP contribution >= 0.6 is 0 Å². The van der Waals surface area contributed by atoms with Crippen molar-refractivity contribution in [1.29, 1.82) is 0 Å². The van der Waals surface area contributed by atoms with E-state index in [1.165, 1.54) is 19.5 Å². The number of anilines is 1. The fourth-order valence-corrected chi connectivity index (χ4v) is 3.05. The summed E-state index contributed by atoms with van der Waals surface area (Å²) in [6.45, 7) is 0.0848. The molecule has 1 aliphatic rings. The molecule has 3 aromatic rings. The average Bonchev–Trinajstić information content (AvgIpc) is 3.15. The van der Waals surface area contributed by atoms with Crippen LogP contribution in [0.4, 0.5) is 10.3 Å². The Morgan fingerprint density at radius 2 is 2.11 bits per heavy atom. The number of carbonyl (C=O) groups excluding carboxylic acids is 1. The summed E-state index contributed by atoms with van der Waals surface area (Å²) in [6, 6.07) is 11.5. The SMILES string of the molecule is COc1cc([C@@H]2CC(=O)Nc3ncnn32)ccc1OCc1ccccc1F. The van der Waals surface area contributed by atoms with E-state index in [-0.39, 0.29) is 30.8 Å². The molecule has 0 unspecified atom stereocenters. The quantitative estimate of drug-likeness (QED) is 0.749. The Morgan fingerprint density at radius 3 is 2.93 bits per heavy atom. The van der Waals surface area contributed by atoms with E-state index in [0.717, 1.165) is 5.56 Å². The number of carbonyl (C=O) groups is 1. The minimum absolute atomic E-state index is 0.0848. The second-order valence-electron chi connectivity index (χ2n) is 6.09. The Kier molecular flexibility index (Phi) is 4.45. The summed E-state index contributed by atoms with van der Waals surface area (Å²) in [5, 5.41) is 6.87. The number of rotatable bonds is 5. The van der Waals surface area contributed by atoms with E-state index in [4.69, 9.17) is 9.47 Å². The zero-order valence-electron chi connectivity index (χ0n) is 14.6. The molecule has 27 heavy (non-hydrogen) atoms. The third kappa shape index (κ3) is 3.33.